The molecule has 15 nitrogen and oxygen atoms in total. The number of nitrogens with zero attached hydrogens (tertiary/aromatic N) is 4. The van der Waals surface area contributed by atoms with Crippen LogP contribution in [0, 0.1) is 18.3 Å². The van der Waals surface area contributed by atoms with E-state index < -0.39 is 50.2 Å². The Kier molecular flexibility index (Phi) is 10.3. The molecule has 47 heavy (non-hydrogen) atoms. The number of halogens is 1. The molecule has 2 aromatic heterocycles. The van der Waals surface area contributed by atoms with E-state index in [1.807, 2.05) is 18.9 Å². The lowest BCUT2D eigenvalue weighted by Crippen LogP contribution is -2.50. The van der Waals surface area contributed by atoms with Crippen LogP contribution in [0.2, 0.25) is 0 Å². The molecule has 1 aliphatic heterocycles. The number of terminal acetylenes is 1. The summed E-state index contributed by atoms with van der Waals surface area (Å²) in [6, 6.07) is -1.19. The molecule has 256 valence electrons. The molecule has 2 aromatic rings. The number of nitrogens with two attached hydrogens (primary N) is 1. The van der Waals surface area contributed by atoms with Gasteiger partial charge in [0.1, 0.15) is 24.5 Å². The molecule has 3 heterocycles. The minimum atomic E-state index is -4.58. The van der Waals surface area contributed by atoms with Crippen LogP contribution in [0.25, 0.3) is 11.2 Å². The second kappa shape index (κ2) is 13.9. The van der Waals surface area contributed by atoms with Crippen LogP contribution in [0.1, 0.15) is 65.5 Å². The molecule has 17 heteroatoms. The number of rotatable bonds is 12. The molecule has 3 aliphatic rings. The van der Waals surface area contributed by atoms with Crippen LogP contribution in [0.4, 0.5) is 10.3 Å². The van der Waals surface area contributed by atoms with Gasteiger partial charge in [-0.25, -0.2) is 13.9 Å². The minimum Gasteiger partial charge on any atom is -0.476 e. The van der Waals surface area contributed by atoms with Crippen molar-refractivity contribution in [2.75, 3.05) is 18.9 Å². The zero-order valence-electron chi connectivity index (χ0n) is 26.4. The van der Waals surface area contributed by atoms with Gasteiger partial charge in [-0.05, 0) is 51.5 Å². The normalized spacial score (nSPS) is 29.9. The second-order valence-corrected chi connectivity index (χ2v) is 13.6. The number of aliphatic hydroxyl groups is 2. The lowest BCUT2D eigenvalue weighted by Gasteiger charge is -2.30. The molecule has 0 amide bonds. The fourth-order valence-electron chi connectivity index (χ4n) is 5.68. The average molecular weight is 679 g/mol. The van der Waals surface area contributed by atoms with E-state index >= 15 is 4.39 Å². The van der Waals surface area contributed by atoms with Crippen LogP contribution in [-0.2, 0) is 27.9 Å². The van der Waals surface area contributed by atoms with Gasteiger partial charge in [-0.1, -0.05) is 31.4 Å². The van der Waals surface area contributed by atoms with Crippen molar-refractivity contribution in [2.24, 2.45) is 5.92 Å². The van der Waals surface area contributed by atoms with Crippen LogP contribution in [0.5, 0.6) is 5.88 Å². The third-order valence-corrected chi connectivity index (χ3v) is 9.78. The van der Waals surface area contributed by atoms with E-state index in [4.69, 9.17) is 35.4 Å². The summed E-state index contributed by atoms with van der Waals surface area (Å²) in [4.78, 5) is 25.2. The minimum absolute atomic E-state index is 0.0212. The largest absolute Gasteiger partial charge is 0.476 e. The first-order chi connectivity index (χ1) is 22.3. The maximum Gasteiger partial charge on any atom is 0.459 e. The SMILES string of the molecule is C#C[C@]1(O)[C@H](n2cnc3c(OCC)nc(N)nc32)O[C@](F)(COP(=O)(NC(C)C(=O)OC2CCCCC2)OC2=CC=CC(C)C2)[C@H]1O. The summed E-state index contributed by atoms with van der Waals surface area (Å²) in [6.07, 6.45) is 12.1. The van der Waals surface area contributed by atoms with Gasteiger partial charge in [0.25, 0.3) is 5.85 Å². The van der Waals surface area contributed by atoms with Gasteiger partial charge in [-0.3, -0.25) is 13.9 Å². The number of anilines is 1. The standard InChI is InChI=1S/C30H40FN6O9P/c1-5-29(40)26(39)30(31,45-27(29)37-17-33-22-23(37)34-28(32)35-24(22)42-6-2)16-43-47(41,46-21-14-10-11-18(3)15-21)36-19(4)25(38)44-20-12-8-7-9-13-20/h1,10-11,14,17-20,26-27,39-40H,6-9,12-13,15-16H2,2-4H3,(H,36,41)(H2,32,34,35)/t18?,19?,26-,27+,29+,30+,47?/m0/s1. The summed E-state index contributed by atoms with van der Waals surface area (Å²) in [6.45, 7) is 4.00. The smallest absolute Gasteiger partial charge is 0.459 e. The molecular formula is C30H40FN6O9P. The van der Waals surface area contributed by atoms with E-state index in [1.54, 1.807) is 19.1 Å². The summed E-state index contributed by atoms with van der Waals surface area (Å²) >= 11 is 0. The third-order valence-electron chi connectivity index (χ3n) is 8.13. The van der Waals surface area contributed by atoms with Gasteiger partial charge in [0, 0.05) is 6.42 Å². The Bertz CT molecular complexity index is 1620. The van der Waals surface area contributed by atoms with E-state index in [9.17, 15) is 19.6 Å². The fraction of sp³-hybridized carbons (Fsp3) is 0.600. The molecule has 5 rings (SSSR count). The average Bonchev–Trinajstić information content (AvgIpc) is 3.54. The first kappa shape index (κ1) is 34.7. The molecule has 5 N–H and O–H groups in total. The predicted octanol–water partition coefficient (Wildman–Crippen LogP) is 3.20. The predicted molar refractivity (Wildman–Crippen MR) is 166 cm³/mol. The lowest BCUT2D eigenvalue weighted by atomic mass is 9.94. The number of hydrogen-bond donors (Lipinski definition) is 4. The highest BCUT2D eigenvalue weighted by Crippen LogP contribution is 2.52. The highest BCUT2D eigenvalue weighted by molar-refractivity contribution is 7.51. The molecule has 2 aliphatic carbocycles. The van der Waals surface area contributed by atoms with E-state index in [2.05, 4.69) is 20.0 Å². The zero-order chi connectivity index (χ0) is 34.0. The Morgan fingerprint density at radius 1 is 1.36 bits per heavy atom. The van der Waals surface area contributed by atoms with Crippen LogP contribution in [0.3, 0.4) is 0 Å². The number of aromatic nitrogens is 4. The molecule has 2 fully saturated rings. The van der Waals surface area contributed by atoms with Crippen LogP contribution in [0.15, 0.2) is 30.3 Å². The van der Waals surface area contributed by atoms with Crippen molar-refractivity contribution in [3.8, 4) is 18.2 Å². The van der Waals surface area contributed by atoms with E-state index in [0.717, 1.165) is 43.0 Å². The summed E-state index contributed by atoms with van der Waals surface area (Å²) in [5, 5.41) is 25.0. The lowest BCUT2D eigenvalue weighted by molar-refractivity contribution is -0.203. The summed E-state index contributed by atoms with van der Waals surface area (Å²) in [5.74, 6) is -1.88. The van der Waals surface area contributed by atoms with Gasteiger partial charge >= 0.3 is 13.7 Å². The summed E-state index contributed by atoms with van der Waals surface area (Å²) < 4.78 is 59.7. The van der Waals surface area contributed by atoms with Gasteiger partial charge < -0.3 is 34.7 Å². The number of aliphatic hydroxyl groups excluding tert-OH is 1. The van der Waals surface area contributed by atoms with Crippen molar-refractivity contribution < 1.29 is 47.2 Å². The van der Waals surface area contributed by atoms with Crippen LogP contribution in [-0.4, -0.2) is 78.6 Å². The highest BCUT2D eigenvalue weighted by atomic mass is 31.2. The topological polar surface area (TPSA) is 202 Å². The van der Waals surface area contributed by atoms with Gasteiger partial charge in [-0.15, -0.1) is 6.42 Å². The van der Waals surface area contributed by atoms with Crippen LogP contribution >= 0.6 is 7.75 Å². The van der Waals surface area contributed by atoms with E-state index in [1.165, 1.54) is 6.92 Å². The number of carbonyl (C=O) groups is 1. The number of esters is 1. The number of allylic oxidation sites excluding steroid dienone is 4. The number of fused-ring (bicyclic) bond motifs is 1. The number of ether oxygens (including phenoxy) is 3. The third kappa shape index (κ3) is 7.30. The summed E-state index contributed by atoms with van der Waals surface area (Å²) in [5.41, 5.74) is 3.19. The van der Waals surface area contributed by atoms with Crippen molar-refractivity contribution >= 4 is 30.8 Å². The molecular weight excluding hydrogens is 638 g/mol. The number of carbonyl (C=O) groups excluding carboxylic acids is 1. The highest BCUT2D eigenvalue weighted by Gasteiger charge is 2.66. The van der Waals surface area contributed by atoms with E-state index in [0.29, 0.717) is 6.42 Å². The van der Waals surface area contributed by atoms with Gasteiger partial charge in [0.15, 0.2) is 23.5 Å². The molecule has 1 saturated heterocycles. The molecule has 0 aromatic carbocycles. The summed E-state index contributed by atoms with van der Waals surface area (Å²) in [7, 11) is -4.58. The Labute approximate surface area is 271 Å². The van der Waals surface area contributed by atoms with Crippen LogP contribution < -0.4 is 15.6 Å². The molecule has 3 unspecified atom stereocenters. The molecule has 0 radical (unpaired) electrons. The Morgan fingerprint density at radius 2 is 2.11 bits per heavy atom. The first-order valence-corrected chi connectivity index (χ1v) is 17.0. The number of nitrogen functional groups attached to an aromatic ring is 1. The number of alkyl halides is 1. The Balaban J connectivity index is 1.39. The number of nitrogens with one attached hydrogen (secondary N) is 1. The Hall–Kier alpha value is -3.58. The first-order valence-electron chi connectivity index (χ1n) is 15.5. The van der Waals surface area contributed by atoms with Gasteiger partial charge in [0.05, 0.1) is 12.9 Å². The van der Waals surface area contributed by atoms with E-state index in [-0.39, 0.29) is 47.4 Å². The number of hydrogen-bond acceptors (Lipinski definition) is 13. The van der Waals surface area contributed by atoms with Crippen molar-refractivity contribution in [3.05, 3.63) is 30.3 Å². The molecule has 0 bridgehead atoms. The Morgan fingerprint density at radius 3 is 2.79 bits per heavy atom. The monoisotopic (exact) mass is 678 g/mol. The number of imidazole rings is 1. The van der Waals surface area contributed by atoms with Crippen molar-refractivity contribution in [2.45, 2.75) is 95.2 Å². The maximum absolute atomic E-state index is 16.6. The van der Waals surface area contributed by atoms with Gasteiger partial charge in [-0.2, -0.15) is 15.1 Å². The molecule has 0 spiro atoms. The fourth-order valence-corrected chi connectivity index (χ4v) is 7.23. The van der Waals surface area contributed by atoms with Gasteiger partial charge in [0.2, 0.25) is 17.4 Å². The maximum atomic E-state index is 16.6. The second-order valence-electron chi connectivity index (χ2n) is 11.9. The van der Waals surface area contributed by atoms with Crippen molar-refractivity contribution in [1.82, 2.24) is 24.6 Å². The zero-order valence-corrected chi connectivity index (χ0v) is 27.3. The molecule has 7 atom stereocenters. The quantitative estimate of drug-likeness (QED) is 0.145. The molecule has 1 saturated carbocycles. The van der Waals surface area contributed by atoms with Crippen molar-refractivity contribution in [1.29, 1.82) is 0 Å². The van der Waals surface area contributed by atoms with Crippen molar-refractivity contribution in [3.63, 3.8) is 0 Å².